The Labute approximate surface area is 109 Å². The molecule has 0 unspecified atom stereocenters. The van der Waals surface area contributed by atoms with Crippen LogP contribution in [0.3, 0.4) is 0 Å². The van der Waals surface area contributed by atoms with Gasteiger partial charge in [0.15, 0.2) is 6.61 Å². The minimum absolute atomic E-state index is 0.00373. The molecule has 2 rings (SSSR count). The molecule has 1 aromatic carbocycles. The van der Waals surface area contributed by atoms with Crippen LogP contribution >= 0.6 is 11.6 Å². The third-order valence-electron chi connectivity index (χ3n) is 2.29. The lowest BCUT2D eigenvalue weighted by atomic mass is 10.3. The standard InChI is InChI=1S/C12H11ClN2O3/c1-15(10-4-2-9(13)3-5-10)12(16)18-8-11-14-6-7-17-11/h2-7H,8H2,1H3. The van der Waals surface area contributed by atoms with Gasteiger partial charge in [-0.15, -0.1) is 0 Å². The molecule has 0 bridgehead atoms. The highest BCUT2D eigenvalue weighted by Gasteiger charge is 2.13. The summed E-state index contributed by atoms with van der Waals surface area (Å²) in [6.07, 6.45) is 2.42. The molecule has 0 radical (unpaired) electrons. The Hall–Kier alpha value is -2.01. The second-order valence-corrected chi connectivity index (χ2v) is 3.95. The molecule has 2 aromatic rings. The van der Waals surface area contributed by atoms with E-state index >= 15 is 0 Å². The van der Waals surface area contributed by atoms with Gasteiger partial charge in [-0.3, -0.25) is 4.90 Å². The Morgan fingerprint density at radius 2 is 2.17 bits per heavy atom. The molecule has 0 spiro atoms. The Morgan fingerprint density at radius 3 is 2.78 bits per heavy atom. The number of hydrogen-bond donors (Lipinski definition) is 0. The summed E-state index contributed by atoms with van der Waals surface area (Å²) in [5, 5.41) is 0.611. The van der Waals surface area contributed by atoms with Crippen molar-refractivity contribution in [2.45, 2.75) is 6.61 Å². The molecule has 0 aliphatic heterocycles. The molecular weight excluding hydrogens is 256 g/mol. The molecule has 0 fully saturated rings. The van der Waals surface area contributed by atoms with E-state index in [2.05, 4.69) is 4.98 Å². The van der Waals surface area contributed by atoms with Crippen LogP contribution in [-0.4, -0.2) is 18.1 Å². The highest BCUT2D eigenvalue weighted by atomic mass is 35.5. The molecule has 1 aromatic heterocycles. The van der Waals surface area contributed by atoms with Crippen molar-refractivity contribution in [2.75, 3.05) is 11.9 Å². The largest absolute Gasteiger partial charge is 0.446 e. The van der Waals surface area contributed by atoms with Crippen molar-refractivity contribution in [3.63, 3.8) is 0 Å². The van der Waals surface area contributed by atoms with Gasteiger partial charge in [0.25, 0.3) is 0 Å². The van der Waals surface area contributed by atoms with Crippen molar-refractivity contribution in [2.24, 2.45) is 0 Å². The molecule has 0 saturated carbocycles. The van der Waals surface area contributed by atoms with Gasteiger partial charge < -0.3 is 9.15 Å². The number of hydrogen-bond acceptors (Lipinski definition) is 4. The monoisotopic (exact) mass is 266 g/mol. The lowest BCUT2D eigenvalue weighted by molar-refractivity contribution is 0.137. The normalized spacial score (nSPS) is 10.1. The number of benzene rings is 1. The van der Waals surface area contributed by atoms with E-state index in [9.17, 15) is 4.79 Å². The van der Waals surface area contributed by atoms with Gasteiger partial charge in [-0.25, -0.2) is 9.78 Å². The molecule has 0 N–H and O–H groups in total. The van der Waals surface area contributed by atoms with Gasteiger partial charge in [0.05, 0.1) is 6.20 Å². The second-order valence-electron chi connectivity index (χ2n) is 3.52. The van der Waals surface area contributed by atoms with Crippen molar-refractivity contribution in [1.29, 1.82) is 0 Å². The summed E-state index contributed by atoms with van der Waals surface area (Å²) < 4.78 is 9.99. The summed E-state index contributed by atoms with van der Waals surface area (Å²) in [5.41, 5.74) is 0.691. The van der Waals surface area contributed by atoms with Crippen molar-refractivity contribution < 1.29 is 13.9 Å². The molecule has 0 saturated heterocycles. The van der Waals surface area contributed by atoms with Crippen LogP contribution in [0.1, 0.15) is 5.89 Å². The predicted octanol–water partition coefficient (Wildman–Crippen LogP) is 3.10. The minimum atomic E-state index is -0.490. The number of nitrogens with zero attached hydrogens (tertiary/aromatic N) is 2. The fourth-order valence-corrected chi connectivity index (χ4v) is 1.44. The van der Waals surface area contributed by atoms with E-state index in [0.717, 1.165) is 0 Å². The summed E-state index contributed by atoms with van der Waals surface area (Å²) in [6, 6.07) is 6.87. The first-order valence-corrected chi connectivity index (χ1v) is 5.59. The zero-order valence-electron chi connectivity index (χ0n) is 9.67. The van der Waals surface area contributed by atoms with E-state index in [1.807, 2.05) is 0 Å². The van der Waals surface area contributed by atoms with E-state index in [1.165, 1.54) is 17.4 Å². The van der Waals surface area contributed by atoms with Crippen LogP contribution in [0.2, 0.25) is 5.02 Å². The highest BCUT2D eigenvalue weighted by molar-refractivity contribution is 6.30. The predicted molar refractivity (Wildman–Crippen MR) is 66.5 cm³/mol. The number of rotatable bonds is 3. The SMILES string of the molecule is CN(C(=O)OCc1ncco1)c1ccc(Cl)cc1. The molecule has 0 aliphatic rings. The van der Waals surface area contributed by atoms with Crippen molar-refractivity contribution in [1.82, 2.24) is 4.98 Å². The molecular formula is C12H11ClN2O3. The summed E-state index contributed by atoms with van der Waals surface area (Å²) in [6.45, 7) is 0.00373. The zero-order valence-corrected chi connectivity index (χ0v) is 10.4. The molecule has 18 heavy (non-hydrogen) atoms. The van der Waals surface area contributed by atoms with Gasteiger partial charge in [-0.2, -0.15) is 0 Å². The van der Waals surface area contributed by atoms with Crippen molar-refractivity contribution >= 4 is 23.4 Å². The molecule has 6 heteroatoms. The summed E-state index contributed by atoms with van der Waals surface area (Å²) in [4.78, 5) is 17.0. The number of halogens is 1. The van der Waals surface area contributed by atoms with Gasteiger partial charge in [-0.05, 0) is 24.3 Å². The van der Waals surface area contributed by atoms with Crippen LogP contribution in [-0.2, 0) is 11.3 Å². The maximum Gasteiger partial charge on any atom is 0.414 e. The van der Waals surface area contributed by atoms with Crippen LogP contribution < -0.4 is 4.90 Å². The van der Waals surface area contributed by atoms with Gasteiger partial charge in [0.1, 0.15) is 6.26 Å². The first kappa shape index (κ1) is 12.4. The topological polar surface area (TPSA) is 55.6 Å². The third-order valence-corrected chi connectivity index (χ3v) is 2.54. The first-order valence-electron chi connectivity index (χ1n) is 5.21. The van der Waals surface area contributed by atoms with E-state index in [4.69, 9.17) is 20.8 Å². The number of ether oxygens (including phenoxy) is 1. The molecule has 1 amide bonds. The van der Waals surface area contributed by atoms with Crippen molar-refractivity contribution in [3.05, 3.63) is 47.6 Å². The van der Waals surface area contributed by atoms with Crippen molar-refractivity contribution in [3.8, 4) is 0 Å². The minimum Gasteiger partial charge on any atom is -0.446 e. The maximum atomic E-state index is 11.7. The van der Waals surface area contributed by atoms with Crippen LogP contribution in [0.4, 0.5) is 10.5 Å². The Balaban J connectivity index is 1.94. The Kier molecular flexibility index (Phi) is 3.84. The molecule has 5 nitrogen and oxygen atoms in total. The van der Waals surface area contributed by atoms with E-state index < -0.39 is 6.09 Å². The van der Waals surface area contributed by atoms with E-state index in [1.54, 1.807) is 31.3 Å². The van der Waals surface area contributed by atoms with E-state index in [-0.39, 0.29) is 6.61 Å². The number of carbonyl (C=O) groups excluding carboxylic acids is 1. The lowest BCUT2D eigenvalue weighted by Crippen LogP contribution is -2.26. The Bertz CT molecular complexity index is 511. The zero-order chi connectivity index (χ0) is 13.0. The van der Waals surface area contributed by atoms with Crippen LogP contribution in [0.25, 0.3) is 0 Å². The first-order chi connectivity index (χ1) is 8.66. The quantitative estimate of drug-likeness (QED) is 0.857. The third kappa shape index (κ3) is 3.01. The molecule has 94 valence electrons. The second kappa shape index (κ2) is 5.55. The number of amides is 1. The average Bonchev–Trinajstić information content (AvgIpc) is 2.89. The van der Waals surface area contributed by atoms with Gasteiger partial charge in [0, 0.05) is 17.8 Å². The van der Waals surface area contributed by atoms with Gasteiger partial charge in [-0.1, -0.05) is 11.6 Å². The number of anilines is 1. The smallest absolute Gasteiger partial charge is 0.414 e. The fraction of sp³-hybridized carbons (Fsp3) is 0.167. The number of carbonyl (C=O) groups is 1. The molecule has 0 aliphatic carbocycles. The summed E-state index contributed by atoms with van der Waals surface area (Å²) in [7, 11) is 1.61. The van der Waals surface area contributed by atoms with Crippen LogP contribution in [0.15, 0.2) is 41.1 Å². The van der Waals surface area contributed by atoms with Gasteiger partial charge >= 0.3 is 6.09 Å². The fourth-order valence-electron chi connectivity index (χ4n) is 1.31. The lowest BCUT2D eigenvalue weighted by Gasteiger charge is -2.16. The van der Waals surface area contributed by atoms with Gasteiger partial charge in [0.2, 0.25) is 5.89 Å². The summed E-state index contributed by atoms with van der Waals surface area (Å²) in [5.74, 6) is 0.354. The maximum absolute atomic E-state index is 11.7. The van der Waals surface area contributed by atoms with Crippen LogP contribution in [0, 0.1) is 0 Å². The average molecular weight is 267 g/mol. The van der Waals surface area contributed by atoms with Crippen LogP contribution in [0.5, 0.6) is 0 Å². The molecule has 0 atom stereocenters. The number of oxazole rings is 1. The molecule has 1 heterocycles. The Morgan fingerprint density at radius 1 is 1.44 bits per heavy atom. The number of aromatic nitrogens is 1. The summed E-state index contributed by atoms with van der Waals surface area (Å²) >= 11 is 5.77. The van der Waals surface area contributed by atoms with E-state index in [0.29, 0.717) is 16.6 Å². The highest BCUT2D eigenvalue weighted by Crippen LogP contribution is 2.17.